The van der Waals surface area contributed by atoms with E-state index in [9.17, 15) is 0 Å². The van der Waals surface area contributed by atoms with Crippen molar-refractivity contribution in [3.05, 3.63) is 531 Å². The SMILES string of the molecule is Cc1cccc(-c2cccc(-c3ccccc3)c2)c1.Cc1cccc(-c2ccccc2-c2ccccc2)c1.Cc1ccccc1-c1ccc(-c2ccccc2)cc1.Cc1ccccc1-c1cccc(-c2ccccc2)c1.Cc1ccccc1-c1ccccc1-c1ccc(-c2ccccc2)cc1.Cc1ccccc1-c1ccccc1-c1ccccc1. The van der Waals surface area contributed by atoms with Crippen LogP contribution in [-0.2, 0) is 0 Å². The number of rotatable bonds is 13. The van der Waals surface area contributed by atoms with Crippen LogP contribution in [-0.4, -0.2) is 0 Å². The third-order valence-corrected chi connectivity index (χ3v) is 21.6. The van der Waals surface area contributed by atoms with Crippen LogP contribution in [0.5, 0.6) is 0 Å². The zero-order valence-electron chi connectivity index (χ0n) is 69.3. The Morgan fingerprint density at radius 1 is 0.0917 bits per heavy atom. The Balaban J connectivity index is 0.000000118. The molecule has 0 amide bonds. The lowest BCUT2D eigenvalue weighted by atomic mass is 9.91. The molecule has 19 aromatic rings. The van der Waals surface area contributed by atoms with Gasteiger partial charge in [0, 0.05) is 0 Å². The predicted molar refractivity (Wildman–Crippen MR) is 518 cm³/mol. The summed E-state index contributed by atoms with van der Waals surface area (Å²) >= 11 is 0. The smallest absolute Gasteiger partial charge is 0.0103 e. The number of benzene rings is 19. The topological polar surface area (TPSA) is 0 Å². The minimum Gasteiger partial charge on any atom is -0.0622 e. The fourth-order valence-electron chi connectivity index (χ4n) is 15.3. The van der Waals surface area contributed by atoms with Crippen LogP contribution >= 0.6 is 0 Å². The van der Waals surface area contributed by atoms with Crippen LogP contribution in [0.4, 0.5) is 0 Å². The maximum atomic E-state index is 2.26. The second kappa shape index (κ2) is 41.7. The Labute approximate surface area is 712 Å². The highest BCUT2D eigenvalue weighted by molar-refractivity contribution is 5.88. The van der Waals surface area contributed by atoms with Crippen LogP contribution in [0.3, 0.4) is 0 Å². The molecule has 19 rings (SSSR count). The van der Waals surface area contributed by atoms with Gasteiger partial charge in [0.25, 0.3) is 0 Å². The minimum atomic E-state index is 1.25. The monoisotopic (exact) mass is 1540 g/mol. The van der Waals surface area contributed by atoms with E-state index in [0.29, 0.717) is 0 Å². The molecule has 0 N–H and O–H groups in total. The highest BCUT2D eigenvalue weighted by Gasteiger charge is 2.13. The van der Waals surface area contributed by atoms with Crippen LogP contribution in [0.25, 0.3) is 145 Å². The number of hydrogen-bond acceptors (Lipinski definition) is 0. The molecule has 0 aliphatic heterocycles. The second-order valence-electron chi connectivity index (χ2n) is 30.1. The highest BCUT2D eigenvalue weighted by Crippen LogP contribution is 2.39. The lowest BCUT2D eigenvalue weighted by Gasteiger charge is -2.13. The minimum absolute atomic E-state index is 1.25. The Hall–Kier alpha value is -14.8. The molecule has 0 atom stereocenters. The Kier molecular flexibility index (Phi) is 28.4. The van der Waals surface area contributed by atoms with Gasteiger partial charge >= 0.3 is 0 Å². The van der Waals surface area contributed by atoms with Crippen molar-refractivity contribution >= 4 is 0 Å². The molecule has 0 aliphatic carbocycles. The lowest BCUT2D eigenvalue weighted by Crippen LogP contribution is -1.88. The van der Waals surface area contributed by atoms with E-state index in [1.165, 1.54) is 178 Å². The maximum absolute atomic E-state index is 2.26. The van der Waals surface area contributed by atoms with E-state index in [1.54, 1.807) is 0 Å². The molecule has 580 valence electrons. The molecule has 0 heterocycles. The first kappa shape index (κ1) is 81.7. The van der Waals surface area contributed by atoms with Gasteiger partial charge in [-0.25, -0.2) is 0 Å². The second-order valence-corrected chi connectivity index (χ2v) is 30.1. The van der Waals surface area contributed by atoms with E-state index in [-0.39, 0.29) is 0 Å². The van der Waals surface area contributed by atoms with E-state index >= 15 is 0 Å². The van der Waals surface area contributed by atoms with Gasteiger partial charge in [0.15, 0.2) is 0 Å². The molecule has 0 spiro atoms. The molecule has 120 heavy (non-hydrogen) atoms. The summed E-state index contributed by atoms with van der Waals surface area (Å²) in [6.07, 6.45) is 0. The van der Waals surface area contributed by atoms with Crippen LogP contribution in [0.15, 0.2) is 497 Å². The summed E-state index contributed by atoms with van der Waals surface area (Å²) in [7, 11) is 0. The van der Waals surface area contributed by atoms with E-state index in [0.717, 1.165) is 0 Å². The molecule has 0 unspecified atom stereocenters. The Morgan fingerprint density at radius 3 is 0.592 bits per heavy atom. The van der Waals surface area contributed by atoms with Crippen molar-refractivity contribution in [3.63, 3.8) is 0 Å². The summed E-state index contributed by atoms with van der Waals surface area (Å²) in [5.41, 5.74) is 41.0. The Bertz CT molecular complexity index is 6400. The summed E-state index contributed by atoms with van der Waals surface area (Å²) in [5.74, 6) is 0. The summed E-state index contributed by atoms with van der Waals surface area (Å²) in [6.45, 7) is 12.9. The highest BCUT2D eigenvalue weighted by atomic mass is 14.2. The molecule has 0 aliphatic rings. The van der Waals surface area contributed by atoms with Gasteiger partial charge in [0.2, 0.25) is 0 Å². The van der Waals surface area contributed by atoms with Crippen molar-refractivity contribution in [2.24, 2.45) is 0 Å². The molecule has 19 aromatic carbocycles. The maximum Gasteiger partial charge on any atom is -0.0103 e. The quantitative estimate of drug-likeness (QED) is 0.108. The van der Waals surface area contributed by atoms with Crippen molar-refractivity contribution in [3.8, 4) is 145 Å². The first-order valence-corrected chi connectivity index (χ1v) is 41.4. The van der Waals surface area contributed by atoms with Gasteiger partial charge < -0.3 is 0 Å². The molecule has 0 nitrogen and oxygen atoms in total. The normalized spacial score (nSPS) is 10.4. The Morgan fingerprint density at radius 2 is 0.258 bits per heavy atom. The van der Waals surface area contributed by atoms with Gasteiger partial charge in [-0.3, -0.25) is 0 Å². The summed E-state index contributed by atoms with van der Waals surface area (Å²) in [4.78, 5) is 0. The van der Waals surface area contributed by atoms with Gasteiger partial charge in [-0.05, 0) is 221 Å². The van der Waals surface area contributed by atoms with E-state index in [4.69, 9.17) is 0 Å². The van der Waals surface area contributed by atoms with Crippen molar-refractivity contribution in [2.45, 2.75) is 41.5 Å². The van der Waals surface area contributed by atoms with Gasteiger partial charge in [-0.2, -0.15) is 0 Å². The predicted octanol–water partition coefficient (Wildman–Crippen LogP) is 33.6. The largest absolute Gasteiger partial charge is 0.0622 e. The summed E-state index contributed by atoms with van der Waals surface area (Å²) in [6, 6.07) is 175. The fraction of sp³-hybridized carbons (Fsp3) is 0.0500. The third kappa shape index (κ3) is 21.8. The summed E-state index contributed by atoms with van der Waals surface area (Å²) < 4.78 is 0. The standard InChI is InChI=1S/C25H20.5C19H16/c1-19-9-5-6-12-23(19)25-14-8-7-13-24(25)22-17-15-21(16-18-22)20-10-3-2-4-11-20;1-15-7-5-10-17(13-15)19-12-6-11-18(14-19)16-8-3-2-4-9-16;1-15-9-5-6-12-17(15)19-14-8-7-13-18(19)16-10-3-2-4-11-16;1-15-8-7-11-17(14-15)19-13-6-5-12-18(19)16-9-3-2-4-10-16;1-15-8-5-6-13-19(15)18-12-7-11-17(14-18)16-9-3-2-4-10-16;1-15-7-5-6-10-19(15)18-13-11-17(12-14-18)16-8-3-2-4-9-16/h2-18H,1H3;5*2-14H,1H3. The first-order valence-electron chi connectivity index (χ1n) is 41.4. The van der Waals surface area contributed by atoms with Crippen molar-refractivity contribution in [2.75, 3.05) is 0 Å². The zero-order chi connectivity index (χ0) is 82.5. The molecular weight excluding hydrogens is 1440 g/mol. The van der Waals surface area contributed by atoms with Crippen molar-refractivity contribution in [1.29, 1.82) is 0 Å². The van der Waals surface area contributed by atoms with E-state index in [1.807, 2.05) is 12.1 Å². The summed E-state index contributed by atoms with van der Waals surface area (Å²) in [5, 5.41) is 0. The fourth-order valence-corrected chi connectivity index (χ4v) is 15.3. The van der Waals surface area contributed by atoms with Crippen molar-refractivity contribution < 1.29 is 0 Å². The van der Waals surface area contributed by atoms with Crippen LogP contribution in [0, 0.1) is 41.5 Å². The molecule has 0 saturated carbocycles. The molecular formula is C120H100. The molecule has 0 radical (unpaired) electrons. The van der Waals surface area contributed by atoms with Crippen molar-refractivity contribution in [1.82, 2.24) is 0 Å². The van der Waals surface area contributed by atoms with Crippen LogP contribution in [0.2, 0.25) is 0 Å². The molecule has 0 heteroatoms. The average molecular weight is 1540 g/mol. The van der Waals surface area contributed by atoms with Gasteiger partial charge in [0.1, 0.15) is 0 Å². The molecule has 0 bridgehead atoms. The third-order valence-electron chi connectivity index (χ3n) is 21.6. The average Bonchev–Trinajstić information content (AvgIpc) is 0.870. The molecule has 0 saturated heterocycles. The zero-order valence-corrected chi connectivity index (χ0v) is 69.3. The van der Waals surface area contributed by atoms with E-state index in [2.05, 4.69) is 527 Å². The number of aryl methyl sites for hydroxylation is 6. The lowest BCUT2D eigenvalue weighted by molar-refractivity contribution is 1.45. The van der Waals surface area contributed by atoms with Crippen LogP contribution in [0.1, 0.15) is 33.4 Å². The van der Waals surface area contributed by atoms with Crippen LogP contribution < -0.4 is 0 Å². The van der Waals surface area contributed by atoms with Gasteiger partial charge in [0.05, 0.1) is 0 Å². The van der Waals surface area contributed by atoms with E-state index < -0.39 is 0 Å². The first-order chi connectivity index (χ1) is 59.0. The molecule has 0 aromatic heterocycles. The number of hydrogen-bond donors (Lipinski definition) is 0. The molecule has 0 fully saturated rings. The van der Waals surface area contributed by atoms with Gasteiger partial charge in [-0.15, -0.1) is 0 Å². The van der Waals surface area contributed by atoms with Gasteiger partial charge in [-0.1, -0.05) is 496 Å².